The summed E-state index contributed by atoms with van der Waals surface area (Å²) in [5, 5.41) is 5.75. The molecule has 2 aromatic carbocycles. The Bertz CT molecular complexity index is 824. The number of piperidine rings is 1. The van der Waals surface area contributed by atoms with Gasteiger partial charge < -0.3 is 20.3 Å². The second-order valence-corrected chi connectivity index (χ2v) is 8.57. The summed E-state index contributed by atoms with van der Waals surface area (Å²) in [6, 6.07) is 16.5. The van der Waals surface area contributed by atoms with E-state index in [0.717, 1.165) is 24.5 Å². The van der Waals surface area contributed by atoms with E-state index in [-0.39, 0.29) is 18.4 Å². The summed E-state index contributed by atoms with van der Waals surface area (Å²) in [6.07, 6.45) is 6.28. The van der Waals surface area contributed by atoms with Gasteiger partial charge in [-0.05, 0) is 74.1 Å². The van der Waals surface area contributed by atoms with Gasteiger partial charge in [0.15, 0.2) is 6.61 Å². The number of amides is 2. The maximum absolute atomic E-state index is 12.8. The smallest absolute Gasteiger partial charge is 0.258 e. The van der Waals surface area contributed by atoms with Crippen LogP contribution in [0.5, 0.6) is 5.75 Å². The van der Waals surface area contributed by atoms with Crippen molar-refractivity contribution in [2.75, 3.05) is 41.9 Å². The van der Waals surface area contributed by atoms with Crippen molar-refractivity contribution < 1.29 is 14.3 Å². The molecule has 7 heteroatoms. The lowest BCUT2D eigenvalue weighted by molar-refractivity contribution is -0.127. The molecule has 1 saturated heterocycles. The van der Waals surface area contributed by atoms with Crippen molar-refractivity contribution in [3.8, 4) is 5.75 Å². The number of ether oxygens (including phenoxy) is 1. The summed E-state index contributed by atoms with van der Waals surface area (Å²) in [7, 11) is 0. The van der Waals surface area contributed by atoms with Gasteiger partial charge in [0.2, 0.25) is 5.91 Å². The quantitative estimate of drug-likeness (QED) is 0.585. The van der Waals surface area contributed by atoms with Crippen LogP contribution in [0.1, 0.15) is 25.7 Å². The van der Waals surface area contributed by atoms with Gasteiger partial charge in [-0.2, -0.15) is 11.8 Å². The number of anilines is 2. The van der Waals surface area contributed by atoms with E-state index in [1.807, 2.05) is 48.7 Å². The second-order valence-electron chi connectivity index (χ2n) is 7.59. The number of nitrogens with zero attached hydrogens (tertiary/aromatic N) is 1. The molecule has 0 bridgehead atoms. The van der Waals surface area contributed by atoms with Gasteiger partial charge in [0.25, 0.3) is 5.91 Å². The fraction of sp³-hybridized carbons (Fsp3) is 0.417. The number of hydrogen-bond acceptors (Lipinski definition) is 5. The fourth-order valence-corrected chi connectivity index (χ4v) is 4.01. The molecule has 1 fully saturated rings. The standard InChI is InChI=1S/C24H31N3O3S/c1-31-17-14-22(26-23(28)18-30-21-8-4-2-5-9-21)24(29)25-19-10-12-20(13-11-19)27-15-6-3-7-16-27/h2,4-5,8-13,22H,3,6-7,14-18H2,1H3,(H,25,29)(H,26,28). The van der Waals surface area contributed by atoms with E-state index in [1.54, 1.807) is 23.9 Å². The van der Waals surface area contributed by atoms with E-state index in [4.69, 9.17) is 4.74 Å². The van der Waals surface area contributed by atoms with Crippen LogP contribution in [0.3, 0.4) is 0 Å². The van der Waals surface area contributed by atoms with Crippen molar-refractivity contribution in [2.24, 2.45) is 0 Å². The molecule has 3 rings (SSSR count). The van der Waals surface area contributed by atoms with Gasteiger partial charge in [-0.1, -0.05) is 18.2 Å². The van der Waals surface area contributed by atoms with Gasteiger partial charge in [-0.15, -0.1) is 0 Å². The van der Waals surface area contributed by atoms with Crippen LogP contribution < -0.4 is 20.3 Å². The second kappa shape index (κ2) is 12.2. The zero-order valence-corrected chi connectivity index (χ0v) is 18.8. The fourth-order valence-electron chi connectivity index (χ4n) is 3.54. The van der Waals surface area contributed by atoms with Crippen molar-refractivity contribution >= 4 is 35.0 Å². The summed E-state index contributed by atoms with van der Waals surface area (Å²) in [5.74, 6) is 0.862. The van der Waals surface area contributed by atoms with Gasteiger partial charge in [-0.25, -0.2) is 0 Å². The van der Waals surface area contributed by atoms with E-state index in [9.17, 15) is 9.59 Å². The molecule has 1 atom stereocenters. The first kappa shape index (κ1) is 23.0. The summed E-state index contributed by atoms with van der Waals surface area (Å²) in [4.78, 5) is 27.5. The minimum absolute atomic E-state index is 0.127. The normalized spacial score (nSPS) is 14.5. The maximum Gasteiger partial charge on any atom is 0.258 e. The highest BCUT2D eigenvalue weighted by Gasteiger charge is 2.21. The highest BCUT2D eigenvalue weighted by molar-refractivity contribution is 7.98. The zero-order chi connectivity index (χ0) is 21.9. The molecule has 2 N–H and O–H groups in total. The highest BCUT2D eigenvalue weighted by Crippen LogP contribution is 2.22. The molecule has 1 heterocycles. The molecular formula is C24H31N3O3S. The number of para-hydroxylation sites is 1. The van der Waals surface area contributed by atoms with Crippen molar-refractivity contribution in [3.05, 3.63) is 54.6 Å². The Kier molecular flexibility index (Phi) is 9.09. The topological polar surface area (TPSA) is 70.7 Å². The van der Waals surface area contributed by atoms with Crippen LogP contribution in [0.15, 0.2) is 54.6 Å². The van der Waals surface area contributed by atoms with Gasteiger partial charge in [0, 0.05) is 24.5 Å². The molecule has 2 amide bonds. The van der Waals surface area contributed by atoms with E-state index in [2.05, 4.69) is 15.5 Å². The number of benzene rings is 2. The Morgan fingerprint density at radius 2 is 1.74 bits per heavy atom. The highest BCUT2D eigenvalue weighted by atomic mass is 32.2. The first-order valence-corrected chi connectivity index (χ1v) is 12.2. The molecule has 1 unspecified atom stereocenters. The summed E-state index contributed by atoms with van der Waals surface area (Å²) >= 11 is 1.64. The van der Waals surface area contributed by atoms with Crippen LogP contribution in [-0.2, 0) is 9.59 Å². The minimum atomic E-state index is -0.610. The average molecular weight is 442 g/mol. The van der Waals surface area contributed by atoms with Crippen molar-refractivity contribution in [2.45, 2.75) is 31.7 Å². The van der Waals surface area contributed by atoms with E-state index in [1.165, 1.54) is 24.9 Å². The van der Waals surface area contributed by atoms with E-state index >= 15 is 0 Å². The SMILES string of the molecule is CSCCC(NC(=O)COc1ccccc1)C(=O)Nc1ccc(N2CCCCC2)cc1. The third-order valence-electron chi connectivity index (χ3n) is 5.23. The zero-order valence-electron chi connectivity index (χ0n) is 18.0. The Balaban J connectivity index is 1.54. The van der Waals surface area contributed by atoms with E-state index < -0.39 is 6.04 Å². The molecule has 1 aliphatic heterocycles. The van der Waals surface area contributed by atoms with Gasteiger partial charge in [0.1, 0.15) is 11.8 Å². The molecule has 166 valence electrons. The van der Waals surface area contributed by atoms with Crippen molar-refractivity contribution in [1.82, 2.24) is 5.32 Å². The number of hydrogen-bond donors (Lipinski definition) is 2. The summed E-state index contributed by atoms with van der Waals surface area (Å²) < 4.78 is 5.49. The lowest BCUT2D eigenvalue weighted by atomic mass is 10.1. The number of carbonyl (C=O) groups is 2. The first-order chi connectivity index (χ1) is 15.2. The third-order valence-corrected chi connectivity index (χ3v) is 5.88. The molecule has 6 nitrogen and oxygen atoms in total. The molecule has 0 aromatic heterocycles. The lowest BCUT2D eigenvalue weighted by Crippen LogP contribution is -2.45. The summed E-state index contributed by atoms with van der Waals surface area (Å²) in [5.41, 5.74) is 1.91. The molecule has 0 radical (unpaired) electrons. The largest absolute Gasteiger partial charge is 0.484 e. The van der Waals surface area contributed by atoms with E-state index in [0.29, 0.717) is 12.2 Å². The number of nitrogens with one attached hydrogen (secondary N) is 2. The molecule has 2 aromatic rings. The average Bonchev–Trinajstić information content (AvgIpc) is 2.82. The van der Waals surface area contributed by atoms with Crippen LogP contribution >= 0.6 is 11.8 Å². The Morgan fingerprint density at radius 3 is 2.42 bits per heavy atom. The van der Waals surface area contributed by atoms with Crippen LogP contribution in [0.4, 0.5) is 11.4 Å². The number of thioether (sulfide) groups is 1. The maximum atomic E-state index is 12.8. The van der Waals surface area contributed by atoms with Crippen LogP contribution in [0.2, 0.25) is 0 Å². The van der Waals surface area contributed by atoms with Crippen molar-refractivity contribution in [1.29, 1.82) is 0 Å². The van der Waals surface area contributed by atoms with Crippen LogP contribution in [0.25, 0.3) is 0 Å². The van der Waals surface area contributed by atoms with Gasteiger partial charge in [-0.3, -0.25) is 9.59 Å². The van der Waals surface area contributed by atoms with Crippen LogP contribution in [0, 0.1) is 0 Å². The van der Waals surface area contributed by atoms with Crippen molar-refractivity contribution in [3.63, 3.8) is 0 Å². The first-order valence-electron chi connectivity index (χ1n) is 10.8. The Hall–Kier alpha value is -2.67. The third kappa shape index (κ3) is 7.51. The minimum Gasteiger partial charge on any atom is -0.484 e. The molecule has 0 spiro atoms. The monoisotopic (exact) mass is 441 g/mol. The predicted molar refractivity (Wildman–Crippen MR) is 128 cm³/mol. The molecule has 0 saturated carbocycles. The Morgan fingerprint density at radius 1 is 1.03 bits per heavy atom. The number of carbonyl (C=O) groups excluding carboxylic acids is 2. The van der Waals surface area contributed by atoms with Crippen LogP contribution in [-0.4, -0.2) is 49.6 Å². The lowest BCUT2D eigenvalue weighted by Gasteiger charge is -2.29. The summed E-state index contributed by atoms with van der Waals surface area (Å²) in [6.45, 7) is 2.04. The molecule has 1 aliphatic rings. The predicted octanol–water partition coefficient (Wildman–Crippen LogP) is 3.93. The molecule has 0 aliphatic carbocycles. The number of rotatable bonds is 10. The Labute approximate surface area is 188 Å². The molecule has 31 heavy (non-hydrogen) atoms. The molecular weight excluding hydrogens is 410 g/mol. The van der Waals surface area contributed by atoms with Gasteiger partial charge >= 0.3 is 0 Å². The van der Waals surface area contributed by atoms with Gasteiger partial charge in [0.05, 0.1) is 0 Å².